The summed E-state index contributed by atoms with van der Waals surface area (Å²) in [6, 6.07) is 8.17. The molecule has 0 aliphatic carbocycles. The van der Waals surface area contributed by atoms with Crippen LogP contribution in [-0.2, 0) is 6.42 Å². The van der Waals surface area contributed by atoms with Gasteiger partial charge in [0.25, 0.3) is 0 Å². The van der Waals surface area contributed by atoms with Gasteiger partial charge in [0.05, 0.1) is 0 Å². The van der Waals surface area contributed by atoms with E-state index in [0.29, 0.717) is 6.42 Å². The lowest BCUT2D eigenvalue weighted by molar-refractivity contribution is -0.275. The fourth-order valence-electron chi connectivity index (χ4n) is 3.92. The summed E-state index contributed by atoms with van der Waals surface area (Å²) < 4.78 is 53.9. The van der Waals surface area contributed by atoms with Gasteiger partial charge in [-0.15, -0.1) is 13.2 Å². The molecular weight excluding hydrogens is 372 g/mol. The van der Waals surface area contributed by atoms with E-state index in [1.54, 1.807) is 0 Å². The Labute approximate surface area is 162 Å². The predicted molar refractivity (Wildman–Crippen MR) is 103 cm³/mol. The van der Waals surface area contributed by atoms with Crippen molar-refractivity contribution in [3.8, 4) is 5.75 Å². The standard InChI is InChI=1S/C21H31F4OSi/c1-2-3-6-13-27-14-11-17(12-15-27)7-4-5-8-18-9-10-20(19(22)16-18)26-21(23,24)25/h9-10,16-17H,2-8,11-15H2,1H3. The summed E-state index contributed by atoms with van der Waals surface area (Å²) in [4.78, 5) is 0. The summed E-state index contributed by atoms with van der Waals surface area (Å²) in [6.45, 7) is 2.26. The highest BCUT2D eigenvalue weighted by Gasteiger charge is 2.32. The second-order valence-electron chi connectivity index (χ2n) is 7.71. The molecule has 1 fully saturated rings. The van der Waals surface area contributed by atoms with Crippen molar-refractivity contribution in [1.29, 1.82) is 0 Å². The number of rotatable bonds is 10. The molecule has 0 saturated carbocycles. The van der Waals surface area contributed by atoms with Crippen molar-refractivity contribution in [1.82, 2.24) is 0 Å². The van der Waals surface area contributed by atoms with Crippen LogP contribution in [-0.4, -0.2) is 15.2 Å². The summed E-state index contributed by atoms with van der Waals surface area (Å²) in [6.07, 6.45) is 5.95. The fourth-order valence-corrected chi connectivity index (χ4v) is 7.05. The highest BCUT2D eigenvalue weighted by atomic mass is 28.3. The molecule has 0 amide bonds. The van der Waals surface area contributed by atoms with Gasteiger partial charge in [0.2, 0.25) is 0 Å². The van der Waals surface area contributed by atoms with E-state index < -0.39 is 17.9 Å². The minimum absolute atomic E-state index is 0.0808. The zero-order valence-corrected chi connectivity index (χ0v) is 17.2. The van der Waals surface area contributed by atoms with Crippen LogP contribution < -0.4 is 4.74 Å². The summed E-state index contributed by atoms with van der Waals surface area (Å²) in [5.74, 6) is -0.871. The highest BCUT2D eigenvalue weighted by molar-refractivity contribution is 6.58. The van der Waals surface area contributed by atoms with Crippen LogP contribution in [0.5, 0.6) is 5.75 Å². The van der Waals surface area contributed by atoms with Gasteiger partial charge >= 0.3 is 6.36 Å². The molecule has 6 heteroatoms. The Morgan fingerprint density at radius 2 is 1.81 bits per heavy atom. The third-order valence-electron chi connectivity index (χ3n) is 5.50. The Kier molecular flexibility index (Phi) is 9.13. The first-order valence-electron chi connectivity index (χ1n) is 10.2. The van der Waals surface area contributed by atoms with Gasteiger partial charge < -0.3 is 4.74 Å². The van der Waals surface area contributed by atoms with E-state index in [0.717, 1.165) is 36.5 Å². The zero-order chi connectivity index (χ0) is 19.7. The third-order valence-corrected chi connectivity index (χ3v) is 8.55. The molecule has 153 valence electrons. The molecule has 0 N–H and O–H groups in total. The molecule has 1 aromatic rings. The van der Waals surface area contributed by atoms with Gasteiger partial charge in [-0.2, -0.15) is 0 Å². The van der Waals surface area contributed by atoms with Gasteiger partial charge in [-0.3, -0.25) is 0 Å². The molecule has 2 rings (SSSR count). The normalized spacial score (nSPS) is 16.6. The lowest BCUT2D eigenvalue weighted by atomic mass is 9.95. The smallest absolute Gasteiger partial charge is 0.403 e. The number of ether oxygens (including phenoxy) is 1. The van der Waals surface area contributed by atoms with Crippen molar-refractivity contribution < 1.29 is 22.3 Å². The Morgan fingerprint density at radius 3 is 2.44 bits per heavy atom. The monoisotopic (exact) mass is 403 g/mol. The van der Waals surface area contributed by atoms with E-state index in [-0.39, 0.29) is 8.80 Å². The van der Waals surface area contributed by atoms with Gasteiger partial charge in [0, 0.05) is 8.80 Å². The molecule has 27 heavy (non-hydrogen) atoms. The topological polar surface area (TPSA) is 9.23 Å². The first kappa shape index (κ1) is 22.2. The van der Waals surface area contributed by atoms with Crippen molar-refractivity contribution >= 4 is 8.80 Å². The molecular formula is C21H31F4OSi. The minimum Gasteiger partial charge on any atom is -0.403 e. The molecule has 1 aliphatic heterocycles. The van der Waals surface area contributed by atoms with E-state index in [4.69, 9.17) is 0 Å². The van der Waals surface area contributed by atoms with Gasteiger partial charge in [-0.1, -0.05) is 76.1 Å². The molecule has 1 saturated heterocycles. The number of aryl methyl sites for hydroxylation is 1. The number of hydrogen-bond acceptors (Lipinski definition) is 1. The van der Waals surface area contributed by atoms with Gasteiger partial charge in [0.1, 0.15) is 0 Å². The van der Waals surface area contributed by atoms with Crippen LogP contribution in [0.3, 0.4) is 0 Å². The van der Waals surface area contributed by atoms with Gasteiger partial charge in [-0.05, 0) is 36.5 Å². The van der Waals surface area contributed by atoms with Crippen molar-refractivity contribution in [2.45, 2.75) is 89.2 Å². The molecule has 0 spiro atoms. The molecule has 1 aromatic carbocycles. The maximum atomic E-state index is 13.7. The molecule has 1 heterocycles. The number of benzene rings is 1. The minimum atomic E-state index is -4.86. The van der Waals surface area contributed by atoms with Crippen molar-refractivity contribution in [3.05, 3.63) is 29.6 Å². The predicted octanol–water partition coefficient (Wildman–Crippen LogP) is 7.53. The van der Waals surface area contributed by atoms with Gasteiger partial charge in [0.15, 0.2) is 11.6 Å². The van der Waals surface area contributed by atoms with Crippen LogP contribution in [0.4, 0.5) is 17.6 Å². The number of hydrogen-bond donors (Lipinski definition) is 0. The molecule has 0 atom stereocenters. The van der Waals surface area contributed by atoms with Crippen LogP contribution in [0.15, 0.2) is 18.2 Å². The maximum Gasteiger partial charge on any atom is 0.573 e. The SMILES string of the molecule is CCCCC[Si]1CCC(CCCCc2ccc(OC(F)(F)F)c(F)c2)CC1. The molecule has 0 aromatic heterocycles. The van der Waals surface area contributed by atoms with Crippen molar-refractivity contribution in [2.75, 3.05) is 0 Å². The molecule has 1 nitrogen and oxygen atoms in total. The fraction of sp³-hybridized carbons (Fsp3) is 0.714. The molecule has 1 aliphatic rings. The maximum absolute atomic E-state index is 13.7. The summed E-state index contributed by atoms with van der Waals surface area (Å²) >= 11 is 0. The molecule has 0 bridgehead atoms. The Morgan fingerprint density at radius 1 is 1.07 bits per heavy atom. The van der Waals surface area contributed by atoms with E-state index in [9.17, 15) is 17.6 Å². The lowest BCUT2D eigenvalue weighted by Gasteiger charge is -2.27. The van der Waals surface area contributed by atoms with E-state index in [1.807, 2.05) is 0 Å². The Balaban J connectivity index is 1.62. The van der Waals surface area contributed by atoms with Crippen molar-refractivity contribution in [3.63, 3.8) is 0 Å². The van der Waals surface area contributed by atoms with Crippen LogP contribution in [0, 0.1) is 11.7 Å². The van der Waals surface area contributed by atoms with E-state index in [2.05, 4.69) is 11.7 Å². The average molecular weight is 404 g/mol. The summed E-state index contributed by atoms with van der Waals surface area (Å²) in [7, 11) is -0.0808. The quantitative estimate of drug-likeness (QED) is 0.223. The van der Waals surface area contributed by atoms with Crippen LogP contribution in [0.2, 0.25) is 18.1 Å². The van der Waals surface area contributed by atoms with Gasteiger partial charge in [-0.25, -0.2) is 4.39 Å². The molecule has 1 radical (unpaired) electrons. The third kappa shape index (κ3) is 8.67. The zero-order valence-electron chi connectivity index (χ0n) is 16.2. The Bertz CT molecular complexity index is 554. The number of unbranched alkanes of at least 4 members (excludes halogenated alkanes) is 3. The Hall–Kier alpha value is -1.04. The van der Waals surface area contributed by atoms with E-state index >= 15 is 0 Å². The average Bonchev–Trinajstić information content (AvgIpc) is 2.61. The van der Waals surface area contributed by atoms with Crippen LogP contribution in [0.1, 0.15) is 63.9 Å². The largest absolute Gasteiger partial charge is 0.573 e. The number of alkyl halides is 3. The highest BCUT2D eigenvalue weighted by Crippen LogP contribution is 2.32. The lowest BCUT2D eigenvalue weighted by Crippen LogP contribution is -2.21. The second kappa shape index (κ2) is 11.1. The second-order valence-corrected chi connectivity index (χ2v) is 10.7. The van der Waals surface area contributed by atoms with Crippen molar-refractivity contribution in [2.24, 2.45) is 5.92 Å². The van der Waals surface area contributed by atoms with E-state index in [1.165, 1.54) is 62.7 Å². The summed E-state index contributed by atoms with van der Waals surface area (Å²) in [5.41, 5.74) is 0.729. The summed E-state index contributed by atoms with van der Waals surface area (Å²) in [5, 5.41) is 0. The first-order valence-corrected chi connectivity index (χ1v) is 12.4. The van der Waals surface area contributed by atoms with Crippen LogP contribution in [0.25, 0.3) is 0 Å². The van der Waals surface area contributed by atoms with Crippen LogP contribution >= 0.6 is 0 Å². The number of halogens is 4. The first-order chi connectivity index (χ1) is 12.9. The molecule has 0 unspecified atom stereocenters.